The third-order valence-corrected chi connectivity index (χ3v) is 3.38. The average molecular weight is 292 g/mol. The molecule has 3 aromatic heterocycles. The Kier molecular flexibility index (Phi) is 3.17. The van der Waals surface area contributed by atoms with E-state index in [-0.39, 0.29) is 5.38 Å². The smallest absolute Gasteiger partial charge is 0.137 e. The largest absolute Gasteiger partial charge is 0.300 e. The molecule has 0 fully saturated rings. The Bertz CT molecular complexity index is 720. The van der Waals surface area contributed by atoms with E-state index >= 15 is 0 Å². The van der Waals surface area contributed by atoms with E-state index in [1.54, 1.807) is 12.4 Å². The standard InChI is InChI=1S/C14H11Cl2N3/c1-9(15)14-13(10-4-6-17-7-5-10)18-12-3-2-11(16)8-19(12)14/h2-9H,1H3. The van der Waals surface area contributed by atoms with Crippen molar-refractivity contribution >= 4 is 28.8 Å². The maximum absolute atomic E-state index is 6.31. The molecule has 0 aliphatic heterocycles. The second-order valence-corrected chi connectivity index (χ2v) is 5.36. The second kappa shape index (κ2) is 4.83. The van der Waals surface area contributed by atoms with Crippen molar-refractivity contribution in [2.45, 2.75) is 12.3 Å². The molecule has 0 bridgehead atoms. The normalized spacial score (nSPS) is 12.8. The van der Waals surface area contributed by atoms with Crippen molar-refractivity contribution in [1.29, 1.82) is 0 Å². The predicted molar refractivity (Wildman–Crippen MR) is 77.7 cm³/mol. The van der Waals surface area contributed by atoms with Gasteiger partial charge in [-0.3, -0.25) is 4.98 Å². The van der Waals surface area contributed by atoms with E-state index in [2.05, 4.69) is 9.97 Å². The van der Waals surface area contributed by atoms with Gasteiger partial charge in [0, 0.05) is 24.2 Å². The molecule has 0 aliphatic carbocycles. The lowest BCUT2D eigenvalue weighted by molar-refractivity contribution is 0.965. The number of hydrogen-bond acceptors (Lipinski definition) is 2. The number of pyridine rings is 2. The molecular formula is C14H11Cl2N3. The first kappa shape index (κ1) is 12.5. The van der Waals surface area contributed by atoms with Crippen LogP contribution < -0.4 is 0 Å². The summed E-state index contributed by atoms with van der Waals surface area (Å²) in [5, 5.41) is 0.487. The van der Waals surface area contributed by atoms with Gasteiger partial charge in [-0.1, -0.05) is 11.6 Å². The van der Waals surface area contributed by atoms with Crippen molar-refractivity contribution in [3.8, 4) is 11.3 Å². The fourth-order valence-electron chi connectivity index (χ4n) is 2.14. The molecule has 0 aromatic carbocycles. The number of aromatic nitrogens is 3. The van der Waals surface area contributed by atoms with Crippen molar-refractivity contribution in [1.82, 2.24) is 14.4 Å². The summed E-state index contributed by atoms with van der Waals surface area (Å²) in [5.74, 6) is 0. The van der Waals surface area contributed by atoms with Crippen LogP contribution in [-0.2, 0) is 0 Å². The molecule has 19 heavy (non-hydrogen) atoms. The summed E-state index contributed by atoms with van der Waals surface area (Å²) >= 11 is 12.4. The fourth-order valence-corrected chi connectivity index (χ4v) is 2.51. The van der Waals surface area contributed by atoms with Crippen molar-refractivity contribution in [2.24, 2.45) is 0 Å². The lowest BCUT2D eigenvalue weighted by atomic mass is 10.1. The van der Waals surface area contributed by atoms with Crippen LogP contribution >= 0.6 is 23.2 Å². The minimum absolute atomic E-state index is 0.170. The zero-order chi connectivity index (χ0) is 13.4. The van der Waals surface area contributed by atoms with Gasteiger partial charge in [-0.25, -0.2) is 4.98 Å². The Labute approximate surface area is 120 Å². The van der Waals surface area contributed by atoms with Crippen LogP contribution in [0.2, 0.25) is 5.02 Å². The first-order valence-electron chi connectivity index (χ1n) is 5.89. The van der Waals surface area contributed by atoms with Crippen LogP contribution in [0.25, 0.3) is 16.9 Å². The van der Waals surface area contributed by atoms with E-state index in [1.165, 1.54) is 0 Å². The van der Waals surface area contributed by atoms with Crippen LogP contribution in [-0.4, -0.2) is 14.4 Å². The van der Waals surface area contributed by atoms with Crippen LogP contribution in [0.15, 0.2) is 42.9 Å². The Balaban J connectivity index is 2.33. The summed E-state index contributed by atoms with van der Waals surface area (Å²) in [6.07, 6.45) is 5.33. The molecule has 0 saturated carbocycles. The van der Waals surface area contributed by atoms with Gasteiger partial charge < -0.3 is 4.40 Å². The number of halogens is 2. The molecule has 0 saturated heterocycles. The number of rotatable bonds is 2. The second-order valence-electron chi connectivity index (χ2n) is 4.27. The van der Waals surface area contributed by atoms with Crippen molar-refractivity contribution in [2.75, 3.05) is 0 Å². The molecule has 0 aliphatic rings. The van der Waals surface area contributed by atoms with Gasteiger partial charge in [-0.05, 0) is 31.2 Å². The lowest BCUT2D eigenvalue weighted by Gasteiger charge is -2.07. The Hall–Kier alpha value is -1.58. The summed E-state index contributed by atoms with van der Waals surface area (Å²) < 4.78 is 1.94. The number of alkyl halides is 1. The number of nitrogens with zero attached hydrogens (tertiary/aromatic N) is 3. The molecule has 0 amide bonds. The predicted octanol–water partition coefficient (Wildman–Crippen LogP) is 4.35. The topological polar surface area (TPSA) is 30.2 Å². The molecule has 3 aromatic rings. The van der Waals surface area contributed by atoms with E-state index < -0.39 is 0 Å². The lowest BCUT2D eigenvalue weighted by Crippen LogP contribution is -1.95. The minimum Gasteiger partial charge on any atom is -0.300 e. The van der Waals surface area contributed by atoms with Gasteiger partial charge in [-0.2, -0.15) is 0 Å². The first-order valence-corrected chi connectivity index (χ1v) is 6.70. The van der Waals surface area contributed by atoms with Crippen LogP contribution in [0, 0.1) is 0 Å². The van der Waals surface area contributed by atoms with Crippen molar-refractivity contribution in [3.05, 3.63) is 53.6 Å². The van der Waals surface area contributed by atoms with E-state index in [0.717, 1.165) is 22.6 Å². The van der Waals surface area contributed by atoms with Gasteiger partial charge in [0.05, 0.1) is 21.8 Å². The summed E-state index contributed by atoms with van der Waals surface area (Å²) in [5.41, 5.74) is 3.63. The molecule has 0 radical (unpaired) electrons. The molecule has 1 unspecified atom stereocenters. The number of fused-ring (bicyclic) bond motifs is 1. The molecule has 0 spiro atoms. The maximum Gasteiger partial charge on any atom is 0.137 e. The third-order valence-electron chi connectivity index (χ3n) is 2.95. The van der Waals surface area contributed by atoms with Crippen LogP contribution in [0.1, 0.15) is 18.0 Å². The van der Waals surface area contributed by atoms with E-state index in [1.807, 2.05) is 41.8 Å². The minimum atomic E-state index is -0.170. The third kappa shape index (κ3) is 2.20. The Morgan fingerprint density at radius 1 is 1.16 bits per heavy atom. The SMILES string of the molecule is CC(Cl)c1c(-c2ccncc2)nc2ccc(Cl)cn12. The number of hydrogen-bond donors (Lipinski definition) is 0. The highest BCUT2D eigenvalue weighted by Crippen LogP contribution is 2.32. The van der Waals surface area contributed by atoms with E-state index in [0.29, 0.717) is 5.02 Å². The van der Waals surface area contributed by atoms with Gasteiger partial charge in [0.15, 0.2) is 0 Å². The van der Waals surface area contributed by atoms with Gasteiger partial charge in [0.2, 0.25) is 0 Å². The first-order chi connectivity index (χ1) is 9.16. The molecular weight excluding hydrogens is 281 g/mol. The monoisotopic (exact) mass is 291 g/mol. The number of imidazole rings is 1. The summed E-state index contributed by atoms with van der Waals surface area (Å²) in [4.78, 5) is 8.66. The molecule has 3 rings (SSSR count). The molecule has 96 valence electrons. The highest BCUT2D eigenvalue weighted by molar-refractivity contribution is 6.30. The molecule has 3 nitrogen and oxygen atoms in total. The van der Waals surface area contributed by atoms with Gasteiger partial charge in [0.1, 0.15) is 5.65 Å². The van der Waals surface area contributed by atoms with Crippen LogP contribution in [0.4, 0.5) is 0 Å². The van der Waals surface area contributed by atoms with Crippen LogP contribution in [0.5, 0.6) is 0 Å². The molecule has 5 heteroatoms. The quantitative estimate of drug-likeness (QED) is 0.657. The van der Waals surface area contributed by atoms with Gasteiger partial charge in [-0.15, -0.1) is 11.6 Å². The molecule has 3 heterocycles. The van der Waals surface area contributed by atoms with Crippen molar-refractivity contribution in [3.63, 3.8) is 0 Å². The highest BCUT2D eigenvalue weighted by Gasteiger charge is 2.17. The average Bonchev–Trinajstić information content (AvgIpc) is 2.78. The van der Waals surface area contributed by atoms with Gasteiger partial charge in [0.25, 0.3) is 0 Å². The highest BCUT2D eigenvalue weighted by atomic mass is 35.5. The van der Waals surface area contributed by atoms with Crippen LogP contribution in [0.3, 0.4) is 0 Å². The molecule has 0 N–H and O–H groups in total. The Morgan fingerprint density at radius 2 is 1.89 bits per heavy atom. The Morgan fingerprint density at radius 3 is 2.58 bits per heavy atom. The van der Waals surface area contributed by atoms with E-state index in [4.69, 9.17) is 23.2 Å². The van der Waals surface area contributed by atoms with E-state index in [9.17, 15) is 0 Å². The summed E-state index contributed by atoms with van der Waals surface area (Å²) in [6.45, 7) is 1.93. The summed E-state index contributed by atoms with van der Waals surface area (Å²) in [6, 6.07) is 7.55. The summed E-state index contributed by atoms with van der Waals surface area (Å²) in [7, 11) is 0. The fraction of sp³-hybridized carbons (Fsp3) is 0.143. The molecule has 1 atom stereocenters. The maximum atomic E-state index is 6.31. The zero-order valence-corrected chi connectivity index (χ0v) is 11.7. The van der Waals surface area contributed by atoms with Crippen molar-refractivity contribution < 1.29 is 0 Å². The van der Waals surface area contributed by atoms with Gasteiger partial charge >= 0.3 is 0 Å². The zero-order valence-electron chi connectivity index (χ0n) is 10.2.